The van der Waals surface area contributed by atoms with Crippen LogP contribution in [0, 0.1) is 12.7 Å². The molecule has 0 aliphatic carbocycles. The van der Waals surface area contributed by atoms with Gasteiger partial charge in [-0.15, -0.1) is 11.3 Å². The maximum Gasteiger partial charge on any atom is 0.341 e. The zero-order valence-corrected chi connectivity index (χ0v) is 17.1. The highest BCUT2D eigenvalue weighted by Crippen LogP contribution is 2.35. The van der Waals surface area contributed by atoms with E-state index >= 15 is 0 Å². The summed E-state index contributed by atoms with van der Waals surface area (Å²) in [5.74, 6) is -1.78. The molecule has 0 aliphatic rings. The molecular weight excluding hydrogens is 383 g/mol. The molecule has 1 heterocycles. The molecule has 0 radical (unpaired) electrons. The van der Waals surface area contributed by atoms with Gasteiger partial charge in [-0.2, -0.15) is 0 Å². The van der Waals surface area contributed by atoms with Crippen LogP contribution in [0.1, 0.15) is 56.7 Å². The molecular formula is C20H23FN2O4S. The van der Waals surface area contributed by atoms with E-state index in [0.717, 1.165) is 11.3 Å². The zero-order chi connectivity index (χ0) is 20.8. The molecule has 0 aliphatic heterocycles. The lowest BCUT2D eigenvalue weighted by atomic mass is 10.1. The monoisotopic (exact) mass is 406 g/mol. The van der Waals surface area contributed by atoms with Crippen LogP contribution in [0.4, 0.5) is 9.39 Å². The smallest absolute Gasteiger partial charge is 0.341 e. The Kier molecular flexibility index (Phi) is 7.28. The molecule has 6 nitrogen and oxygen atoms in total. The summed E-state index contributed by atoms with van der Waals surface area (Å²) < 4.78 is 18.2. The summed E-state index contributed by atoms with van der Waals surface area (Å²) in [6, 6.07) is 5.04. The number of halogens is 1. The summed E-state index contributed by atoms with van der Waals surface area (Å²) in [4.78, 5) is 39.8. The van der Waals surface area contributed by atoms with Gasteiger partial charge in [-0.3, -0.25) is 9.59 Å². The van der Waals surface area contributed by atoms with Gasteiger partial charge in [0.1, 0.15) is 10.8 Å². The number of nitrogens with one attached hydrogen (secondary N) is 1. The van der Waals surface area contributed by atoms with Crippen LogP contribution in [-0.4, -0.2) is 42.4 Å². The van der Waals surface area contributed by atoms with Crippen LogP contribution in [0.15, 0.2) is 24.3 Å². The molecule has 2 amide bonds. The number of nitrogens with zero attached hydrogens (tertiary/aromatic N) is 1. The van der Waals surface area contributed by atoms with Crippen LogP contribution < -0.4 is 5.32 Å². The molecule has 28 heavy (non-hydrogen) atoms. The van der Waals surface area contributed by atoms with Crippen molar-refractivity contribution in [3.8, 4) is 0 Å². The van der Waals surface area contributed by atoms with Crippen molar-refractivity contribution in [2.24, 2.45) is 0 Å². The van der Waals surface area contributed by atoms with Gasteiger partial charge in [-0.1, -0.05) is 0 Å². The van der Waals surface area contributed by atoms with Gasteiger partial charge in [-0.05, 0) is 57.5 Å². The lowest BCUT2D eigenvalue weighted by Crippen LogP contribution is -2.30. The fraction of sp³-hybridized carbons (Fsp3) is 0.350. The second-order valence-corrected chi connectivity index (χ2v) is 6.94. The fourth-order valence-corrected chi connectivity index (χ4v) is 3.84. The zero-order valence-electron chi connectivity index (χ0n) is 16.3. The highest BCUT2D eigenvalue weighted by atomic mass is 32.1. The molecule has 8 heteroatoms. The third kappa shape index (κ3) is 4.56. The van der Waals surface area contributed by atoms with E-state index in [1.165, 1.54) is 24.3 Å². The minimum absolute atomic E-state index is 0.165. The average Bonchev–Trinajstić information content (AvgIpc) is 2.99. The van der Waals surface area contributed by atoms with E-state index in [9.17, 15) is 18.8 Å². The number of hydrogen-bond acceptors (Lipinski definition) is 5. The number of hydrogen-bond donors (Lipinski definition) is 1. The number of ether oxygens (including phenoxy) is 1. The molecule has 0 saturated heterocycles. The van der Waals surface area contributed by atoms with Crippen molar-refractivity contribution in [1.29, 1.82) is 0 Å². The molecule has 0 atom stereocenters. The van der Waals surface area contributed by atoms with Crippen molar-refractivity contribution in [3.05, 3.63) is 51.7 Å². The molecule has 150 valence electrons. The molecule has 0 unspecified atom stereocenters. The van der Waals surface area contributed by atoms with Crippen LogP contribution >= 0.6 is 11.3 Å². The standard InChI is InChI=1S/C20H23FN2O4S/c1-5-23(6-2)19(25)16-12(4)15(20(26)27-7-3)18(28-16)22-17(24)13-8-10-14(21)11-9-13/h8-11H,5-7H2,1-4H3,(H,22,24). The second-order valence-electron chi connectivity index (χ2n) is 5.92. The molecule has 1 aromatic carbocycles. The van der Waals surface area contributed by atoms with Crippen molar-refractivity contribution >= 4 is 34.1 Å². The number of benzene rings is 1. The summed E-state index contributed by atoms with van der Waals surface area (Å²) in [7, 11) is 0. The minimum Gasteiger partial charge on any atom is -0.462 e. The van der Waals surface area contributed by atoms with E-state index in [0.29, 0.717) is 23.5 Å². The first kappa shape index (κ1) is 21.6. The molecule has 0 saturated carbocycles. The van der Waals surface area contributed by atoms with Crippen molar-refractivity contribution in [2.75, 3.05) is 25.0 Å². The van der Waals surface area contributed by atoms with Crippen LogP contribution in [0.2, 0.25) is 0 Å². The first-order chi connectivity index (χ1) is 13.3. The predicted octanol–water partition coefficient (Wildman–Crippen LogP) is 4.11. The topological polar surface area (TPSA) is 75.7 Å². The number of rotatable bonds is 7. The first-order valence-electron chi connectivity index (χ1n) is 9.00. The SMILES string of the molecule is CCOC(=O)c1c(NC(=O)c2ccc(F)cc2)sc(C(=O)N(CC)CC)c1C. The number of thiophene rings is 1. The van der Waals surface area contributed by atoms with Crippen LogP contribution in [0.5, 0.6) is 0 Å². The second kappa shape index (κ2) is 9.45. The van der Waals surface area contributed by atoms with Crippen molar-refractivity contribution in [2.45, 2.75) is 27.7 Å². The molecule has 1 N–H and O–H groups in total. The largest absolute Gasteiger partial charge is 0.462 e. The molecule has 2 aromatic rings. The molecule has 0 bridgehead atoms. The highest BCUT2D eigenvalue weighted by Gasteiger charge is 2.28. The van der Waals surface area contributed by atoms with Crippen molar-refractivity contribution in [1.82, 2.24) is 4.90 Å². The number of carbonyl (C=O) groups excluding carboxylic acids is 3. The summed E-state index contributed by atoms with van der Waals surface area (Å²) >= 11 is 1.04. The van der Waals surface area contributed by atoms with E-state index in [4.69, 9.17) is 4.74 Å². The van der Waals surface area contributed by atoms with Gasteiger partial charge in [-0.25, -0.2) is 9.18 Å². The third-order valence-corrected chi connectivity index (χ3v) is 5.40. The highest BCUT2D eigenvalue weighted by molar-refractivity contribution is 7.18. The summed E-state index contributed by atoms with van der Waals surface area (Å²) in [5, 5.41) is 2.90. The van der Waals surface area contributed by atoms with Crippen LogP contribution in [0.3, 0.4) is 0 Å². The van der Waals surface area contributed by atoms with Gasteiger partial charge >= 0.3 is 5.97 Å². The maximum atomic E-state index is 13.1. The minimum atomic E-state index is -0.607. The van der Waals surface area contributed by atoms with Crippen molar-refractivity contribution < 1.29 is 23.5 Å². The van der Waals surface area contributed by atoms with E-state index in [1.807, 2.05) is 13.8 Å². The predicted molar refractivity (Wildman–Crippen MR) is 107 cm³/mol. The summed E-state index contributed by atoms with van der Waals surface area (Å²) in [5.41, 5.74) is 0.867. The number of esters is 1. The Labute approximate surface area is 167 Å². The Bertz CT molecular complexity index is 873. The molecule has 0 fully saturated rings. The van der Waals surface area contributed by atoms with E-state index < -0.39 is 17.7 Å². The molecule has 1 aromatic heterocycles. The van der Waals surface area contributed by atoms with Gasteiger partial charge in [0.25, 0.3) is 11.8 Å². The van der Waals surface area contributed by atoms with Gasteiger partial charge in [0.2, 0.25) is 0 Å². The van der Waals surface area contributed by atoms with Gasteiger partial charge in [0.15, 0.2) is 0 Å². The number of anilines is 1. The normalized spacial score (nSPS) is 10.5. The van der Waals surface area contributed by atoms with Gasteiger partial charge in [0.05, 0.1) is 17.0 Å². The maximum absolute atomic E-state index is 13.1. The van der Waals surface area contributed by atoms with E-state index in [2.05, 4.69) is 5.32 Å². The van der Waals surface area contributed by atoms with Crippen molar-refractivity contribution in [3.63, 3.8) is 0 Å². The fourth-order valence-electron chi connectivity index (χ4n) is 2.69. The lowest BCUT2D eigenvalue weighted by molar-refractivity contribution is 0.0527. The van der Waals surface area contributed by atoms with Crippen LogP contribution in [0.25, 0.3) is 0 Å². The average molecular weight is 406 g/mol. The van der Waals surface area contributed by atoms with E-state index in [1.54, 1.807) is 18.7 Å². The number of carbonyl (C=O) groups is 3. The Balaban J connectivity index is 2.44. The third-order valence-electron chi connectivity index (χ3n) is 4.20. The Hall–Kier alpha value is -2.74. The van der Waals surface area contributed by atoms with Gasteiger partial charge in [0, 0.05) is 18.7 Å². The van der Waals surface area contributed by atoms with Crippen LogP contribution in [-0.2, 0) is 4.74 Å². The molecule has 0 spiro atoms. The van der Waals surface area contributed by atoms with E-state index in [-0.39, 0.29) is 28.6 Å². The lowest BCUT2D eigenvalue weighted by Gasteiger charge is -2.18. The quantitative estimate of drug-likeness (QED) is 0.702. The summed E-state index contributed by atoms with van der Waals surface area (Å²) in [6.07, 6.45) is 0. The Morgan fingerprint density at radius 1 is 1.11 bits per heavy atom. The number of amides is 2. The Morgan fingerprint density at radius 2 is 1.71 bits per heavy atom. The van der Waals surface area contributed by atoms with Gasteiger partial charge < -0.3 is 15.0 Å². The summed E-state index contributed by atoms with van der Waals surface area (Å²) in [6.45, 7) is 8.29. The first-order valence-corrected chi connectivity index (χ1v) is 9.82. The Morgan fingerprint density at radius 3 is 2.25 bits per heavy atom. The molecule has 2 rings (SSSR count).